The molecule has 0 saturated heterocycles. The highest BCUT2D eigenvalue weighted by molar-refractivity contribution is 6.51. The van der Waals surface area contributed by atoms with Crippen LogP contribution in [-0.2, 0) is 15.5 Å². The van der Waals surface area contributed by atoms with Gasteiger partial charge in [0.2, 0.25) is 17.5 Å². The van der Waals surface area contributed by atoms with E-state index < -0.39 is 47.2 Å². The van der Waals surface area contributed by atoms with Crippen LogP contribution in [0.4, 0.5) is 23.2 Å². The maximum atomic E-state index is 13.5. The fourth-order valence-electron chi connectivity index (χ4n) is 2.65. The summed E-state index contributed by atoms with van der Waals surface area (Å²) in [6.45, 7) is -1.25. The molecule has 1 amide bonds. The zero-order valence-corrected chi connectivity index (χ0v) is 16.4. The van der Waals surface area contributed by atoms with Crippen molar-refractivity contribution in [3.05, 3.63) is 59.7 Å². The summed E-state index contributed by atoms with van der Waals surface area (Å²) in [5.74, 6) is -8.67. The Morgan fingerprint density at radius 3 is 2.19 bits per heavy atom. The van der Waals surface area contributed by atoms with Crippen LogP contribution in [0.1, 0.15) is 29.8 Å². The summed E-state index contributed by atoms with van der Waals surface area (Å²) < 4.78 is 55.6. The van der Waals surface area contributed by atoms with E-state index in [1.807, 2.05) is 0 Å². The van der Waals surface area contributed by atoms with E-state index in [-0.39, 0.29) is 17.0 Å². The highest BCUT2D eigenvalue weighted by Crippen LogP contribution is 2.27. The van der Waals surface area contributed by atoms with E-state index in [9.17, 15) is 31.9 Å². The number of alkyl halides is 4. The first kappa shape index (κ1) is 23.7. The van der Waals surface area contributed by atoms with Gasteiger partial charge in [-0.05, 0) is 37.3 Å². The third kappa shape index (κ3) is 6.21. The maximum Gasteiger partial charge on any atom is 0.387 e. The predicted octanol–water partition coefficient (Wildman–Crippen LogP) is 4.45. The summed E-state index contributed by atoms with van der Waals surface area (Å²) in [4.78, 5) is 37.7. The molecule has 0 aliphatic rings. The lowest BCUT2D eigenvalue weighted by Crippen LogP contribution is -2.38. The molecule has 0 radical (unpaired) electrons. The number of benzene rings is 2. The quantitative estimate of drug-likeness (QED) is 0.199. The lowest BCUT2D eigenvalue weighted by molar-refractivity contribution is -0.126. The van der Waals surface area contributed by atoms with Crippen molar-refractivity contribution in [3.8, 4) is 5.75 Å². The third-order valence-corrected chi connectivity index (χ3v) is 4.16. The van der Waals surface area contributed by atoms with E-state index in [0.29, 0.717) is 6.92 Å². The number of hydrogen-bond acceptors (Lipinski definition) is 5. The topological polar surface area (TPSA) is 96.3 Å². The average molecular weight is 438 g/mol. The average Bonchev–Trinajstić information content (AvgIpc) is 2.67. The van der Waals surface area contributed by atoms with E-state index in [4.69, 9.17) is 5.41 Å². The summed E-state index contributed by atoms with van der Waals surface area (Å²) >= 11 is 0. The van der Waals surface area contributed by atoms with Gasteiger partial charge >= 0.3 is 6.61 Å². The molecule has 2 rings (SSSR count). The summed E-state index contributed by atoms with van der Waals surface area (Å²) in [7, 11) is 0. The SMILES string of the molecule is CC(=N)C(C(=O)Nc1ccc(OC(F)F)cc1)C(=O)C(=O)c1cccc(C(C)(F)F)c1. The van der Waals surface area contributed by atoms with Gasteiger partial charge < -0.3 is 15.5 Å². The second-order valence-electron chi connectivity index (χ2n) is 6.67. The van der Waals surface area contributed by atoms with E-state index in [1.54, 1.807) is 0 Å². The Bertz CT molecular complexity index is 1000. The molecule has 0 aliphatic heterocycles. The smallest absolute Gasteiger partial charge is 0.387 e. The van der Waals surface area contributed by atoms with Crippen molar-refractivity contribution < 1.29 is 36.7 Å². The number of hydrogen-bond donors (Lipinski definition) is 2. The number of nitrogens with one attached hydrogen (secondary N) is 2. The van der Waals surface area contributed by atoms with Crippen molar-refractivity contribution in [2.45, 2.75) is 26.4 Å². The molecule has 0 spiro atoms. The highest BCUT2D eigenvalue weighted by Gasteiger charge is 2.35. The fraction of sp³-hybridized carbons (Fsp3) is 0.238. The molecule has 0 heterocycles. The van der Waals surface area contributed by atoms with Crippen molar-refractivity contribution in [2.24, 2.45) is 5.92 Å². The molecule has 1 atom stereocenters. The molecule has 1 unspecified atom stereocenters. The molecule has 0 saturated carbocycles. The second-order valence-corrected chi connectivity index (χ2v) is 6.67. The van der Waals surface area contributed by atoms with Crippen LogP contribution in [0.25, 0.3) is 0 Å². The van der Waals surface area contributed by atoms with Crippen molar-refractivity contribution in [1.29, 1.82) is 5.41 Å². The normalized spacial score (nSPS) is 12.2. The first-order valence-electron chi connectivity index (χ1n) is 8.88. The van der Waals surface area contributed by atoms with Crippen LogP contribution in [0.2, 0.25) is 0 Å². The van der Waals surface area contributed by atoms with Crippen molar-refractivity contribution in [3.63, 3.8) is 0 Å². The molecule has 0 fully saturated rings. The number of amides is 1. The van der Waals surface area contributed by atoms with Gasteiger partial charge in [-0.25, -0.2) is 8.78 Å². The Kier molecular flexibility index (Phi) is 7.27. The molecule has 2 N–H and O–H groups in total. The first-order valence-corrected chi connectivity index (χ1v) is 8.88. The van der Waals surface area contributed by atoms with Gasteiger partial charge in [-0.3, -0.25) is 14.4 Å². The van der Waals surface area contributed by atoms with Gasteiger partial charge in [-0.15, -0.1) is 0 Å². The van der Waals surface area contributed by atoms with Crippen LogP contribution in [-0.4, -0.2) is 29.8 Å². The monoisotopic (exact) mass is 438 g/mol. The van der Waals surface area contributed by atoms with E-state index in [2.05, 4.69) is 10.1 Å². The van der Waals surface area contributed by atoms with Crippen molar-refractivity contribution in [2.75, 3.05) is 5.32 Å². The third-order valence-electron chi connectivity index (χ3n) is 4.16. The fourth-order valence-corrected chi connectivity index (χ4v) is 2.65. The van der Waals surface area contributed by atoms with Gasteiger partial charge in [0.05, 0.1) is 0 Å². The van der Waals surface area contributed by atoms with Crippen LogP contribution in [0, 0.1) is 11.3 Å². The number of halogens is 4. The van der Waals surface area contributed by atoms with Crippen LogP contribution in [0.3, 0.4) is 0 Å². The molecular weight excluding hydrogens is 420 g/mol. The molecule has 0 aliphatic carbocycles. The molecule has 31 heavy (non-hydrogen) atoms. The number of carbonyl (C=O) groups excluding carboxylic acids is 3. The standard InChI is InChI=1S/C21H18F4N2O4/c1-11(26)16(19(30)27-14-6-8-15(9-7-14)31-20(22)23)18(29)17(28)12-4-3-5-13(10-12)21(2,24)25/h3-10,16,20,26H,1-2H3,(H,27,30). The number of Topliss-reactive ketones (excluding diaryl/α,β-unsaturated/α-hetero) is 2. The zero-order chi connectivity index (χ0) is 23.3. The van der Waals surface area contributed by atoms with E-state index >= 15 is 0 Å². The molecule has 164 valence electrons. The number of anilines is 1. The predicted molar refractivity (Wildman–Crippen MR) is 104 cm³/mol. The van der Waals surface area contributed by atoms with Gasteiger partial charge in [-0.1, -0.05) is 18.2 Å². The van der Waals surface area contributed by atoms with Gasteiger partial charge in [-0.2, -0.15) is 8.78 Å². The Morgan fingerprint density at radius 2 is 1.68 bits per heavy atom. The summed E-state index contributed by atoms with van der Waals surface area (Å²) in [5.41, 5.74) is -1.15. The molecule has 6 nitrogen and oxygen atoms in total. The number of carbonyl (C=O) groups is 3. The molecular formula is C21H18F4N2O4. The van der Waals surface area contributed by atoms with Gasteiger partial charge in [0.15, 0.2) is 0 Å². The lowest BCUT2D eigenvalue weighted by atomic mass is 9.91. The largest absolute Gasteiger partial charge is 0.435 e. The summed E-state index contributed by atoms with van der Waals surface area (Å²) in [5, 5.41) is 10.0. The minimum absolute atomic E-state index is 0.103. The number of rotatable bonds is 9. The number of ether oxygens (including phenoxy) is 1. The molecule has 2 aromatic rings. The summed E-state index contributed by atoms with van der Waals surface area (Å²) in [6.07, 6.45) is 0. The highest BCUT2D eigenvalue weighted by atomic mass is 19.3. The van der Waals surface area contributed by atoms with Gasteiger partial charge in [0.25, 0.3) is 5.92 Å². The maximum absolute atomic E-state index is 13.5. The van der Waals surface area contributed by atoms with Crippen LogP contribution in [0.5, 0.6) is 5.75 Å². The van der Waals surface area contributed by atoms with Crippen LogP contribution < -0.4 is 10.1 Å². The molecule has 10 heteroatoms. The number of ketones is 2. The Balaban J connectivity index is 2.21. The zero-order valence-electron chi connectivity index (χ0n) is 16.4. The van der Waals surface area contributed by atoms with Gasteiger partial charge in [0, 0.05) is 29.4 Å². The lowest BCUT2D eigenvalue weighted by Gasteiger charge is -2.15. The van der Waals surface area contributed by atoms with E-state index in [0.717, 1.165) is 37.3 Å². The Morgan fingerprint density at radius 1 is 1.06 bits per heavy atom. The van der Waals surface area contributed by atoms with Gasteiger partial charge in [0.1, 0.15) is 11.7 Å². The Labute approximate surface area is 174 Å². The van der Waals surface area contributed by atoms with E-state index in [1.165, 1.54) is 18.2 Å². The summed E-state index contributed by atoms with van der Waals surface area (Å²) in [6, 6.07) is 9.05. The molecule has 0 bridgehead atoms. The van der Waals surface area contributed by atoms with Crippen LogP contribution in [0.15, 0.2) is 48.5 Å². The van der Waals surface area contributed by atoms with Crippen LogP contribution >= 0.6 is 0 Å². The second kappa shape index (κ2) is 9.50. The molecule has 0 aromatic heterocycles. The van der Waals surface area contributed by atoms with Crippen molar-refractivity contribution in [1.82, 2.24) is 0 Å². The van der Waals surface area contributed by atoms with Crippen molar-refractivity contribution >= 4 is 28.9 Å². The minimum atomic E-state index is -3.24. The molecule has 2 aromatic carbocycles. The Hall–Kier alpha value is -3.56. The first-order chi connectivity index (χ1) is 14.4. The minimum Gasteiger partial charge on any atom is -0.435 e.